The van der Waals surface area contributed by atoms with Crippen LogP contribution in [-0.4, -0.2) is 5.11 Å². The van der Waals surface area contributed by atoms with Gasteiger partial charge in [-0.15, -0.1) is 0 Å². The molecule has 0 bridgehead atoms. The highest BCUT2D eigenvalue weighted by atomic mass is 19.1. The summed E-state index contributed by atoms with van der Waals surface area (Å²) in [5.74, 6) is -0.367. The lowest BCUT2D eigenvalue weighted by Gasteiger charge is -2.48. The average Bonchev–Trinajstić information content (AvgIpc) is 2.72. The van der Waals surface area contributed by atoms with Gasteiger partial charge in [-0.05, 0) is 28.8 Å². The van der Waals surface area contributed by atoms with Crippen LogP contribution < -0.4 is 5.32 Å². The fourth-order valence-corrected chi connectivity index (χ4v) is 4.26. The third-order valence-electron chi connectivity index (χ3n) is 5.85. The Morgan fingerprint density at radius 2 is 1.41 bits per heavy atom. The number of hydrogen-bond acceptors (Lipinski definition) is 2. The van der Waals surface area contributed by atoms with Crippen LogP contribution >= 0.6 is 0 Å². The maximum absolute atomic E-state index is 13.5. The summed E-state index contributed by atoms with van der Waals surface area (Å²) in [5, 5.41) is 15.5. The molecule has 0 aliphatic carbocycles. The van der Waals surface area contributed by atoms with Gasteiger partial charge in [0.05, 0.1) is 5.60 Å². The summed E-state index contributed by atoms with van der Waals surface area (Å²) in [5.41, 5.74) is 2.00. The first kappa shape index (κ1) is 17.9. The van der Waals surface area contributed by atoms with Crippen LogP contribution in [0.5, 0.6) is 0 Å². The Morgan fingerprint density at radius 1 is 0.852 bits per heavy atom. The van der Waals surface area contributed by atoms with Gasteiger partial charge in [0.1, 0.15) is 5.82 Å². The fourth-order valence-electron chi connectivity index (χ4n) is 4.26. The highest BCUT2D eigenvalue weighted by Crippen LogP contribution is 2.48. The Morgan fingerprint density at radius 3 is 2.00 bits per heavy atom. The minimum atomic E-state index is -1.06. The second kappa shape index (κ2) is 7.26. The minimum absolute atomic E-state index is 0.00246. The lowest BCUT2D eigenvalue weighted by atomic mass is 9.69. The largest absolute Gasteiger partial charge is 0.385 e. The zero-order chi connectivity index (χ0) is 18.9. The third-order valence-corrected chi connectivity index (χ3v) is 5.85. The molecule has 2 nitrogen and oxygen atoms in total. The van der Waals surface area contributed by atoms with E-state index in [-0.39, 0.29) is 23.8 Å². The van der Waals surface area contributed by atoms with Gasteiger partial charge in [-0.3, -0.25) is 0 Å². The molecule has 2 N–H and O–H groups in total. The normalized spacial score (nSPS) is 28.0. The molecule has 1 heterocycles. The molecule has 3 aromatic carbocycles. The molecule has 0 unspecified atom stereocenters. The second-order valence-electron chi connectivity index (χ2n) is 7.44. The summed E-state index contributed by atoms with van der Waals surface area (Å²) >= 11 is 0. The summed E-state index contributed by atoms with van der Waals surface area (Å²) in [6.45, 7) is 2.06. The van der Waals surface area contributed by atoms with Gasteiger partial charge in [0.2, 0.25) is 0 Å². The number of benzene rings is 3. The lowest BCUT2D eigenvalue weighted by molar-refractivity contribution is -0.0743. The van der Waals surface area contributed by atoms with Gasteiger partial charge >= 0.3 is 0 Å². The first-order valence-corrected chi connectivity index (χ1v) is 9.42. The lowest BCUT2D eigenvalue weighted by Crippen LogP contribution is -2.50. The van der Waals surface area contributed by atoms with E-state index in [1.165, 1.54) is 12.1 Å². The van der Waals surface area contributed by atoms with Crippen molar-refractivity contribution in [1.82, 2.24) is 5.32 Å². The van der Waals surface area contributed by atoms with Gasteiger partial charge in [-0.25, -0.2) is 4.39 Å². The van der Waals surface area contributed by atoms with Crippen LogP contribution in [0.15, 0.2) is 84.9 Å². The quantitative estimate of drug-likeness (QED) is 0.678. The van der Waals surface area contributed by atoms with E-state index in [9.17, 15) is 9.50 Å². The van der Waals surface area contributed by atoms with Crippen molar-refractivity contribution in [1.29, 1.82) is 0 Å². The minimum Gasteiger partial charge on any atom is -0.385 e. The van der Waals surface area contributed by atoms with Crippen LogP contribution in [0, 0.1) is 11.7 Å². The van der Waals surface area contributed by atoms with Crippen molar-refractivity contribution in [3.63, 3.8) is 0 Å². The zero-order valence-corrected chi connectivity index (χ0v) is 15.3. The first-order chi connectivity index (χ1) is 13.1. The molecule has 3 aromatic rings. The van der Waals surface area contributed by atoms with Gasteiger partial charge < -0.3 is 10.4 Å². The number of aliphatic hydroxyl groups is 1. The molecule has 0 spiro atoms. The Hall–Kier alpha value is -2.49. The topological polar surface area (TPSA) is 32.3 Å². The smallest absolute Gasteiger partial charge is 0.123 e. The average molecular weight is 361 g/mol. The predicted molar refractivity (Wildman–Crippen MR) is 106 cm³/mol. The highest BCUT2D eigenvalue weighted by molar-refractivity contribution is 5.32. The zero-order valence-electron chi connectivity index (χ0n) is 15.3. The van der Waals surface area contributed by atoms with Gasteiger partial charge in [0.25, 0.3) is 0 Å². The van der Waals surface area contributed by atoms with E-state index in [2.05, 4.69) is 36.5 Å². The molecule has 0 amide bonds. The SMILES string of the molecule is C[C@@H]1[C@H](c2ccccc2)N[C@H](c2ccccc2)C[C@@]1(O)c1ccc(F)cc1. The van der Waals surface area contributed by atoms with E-state index in [1.807, 2.05) is 36.4 Å². The molecule has 1 aliphatic rings. The van der Waals surface area contributed by atoms with E-state index < -0.39 is 5.60 Å². The number of rotatable bonds is 3. The van der Waals surface area contributed by atoms with E-state index in [0.29, 0.717) is 6.42 Å². The van der Waals surface area contributed by atoms with E-state index in [1.54, 1.807) is 12.1 Å². The number of piperidine rings is 1. The van der Waals surface area contributed by atoms with Crippen LogP contribution in [0.25, 0.3) is 0 Å². The van der Waals surface area contributed by atoms with E-state index in [4.69, 9.17) is 0 Å². The number of hydrogen-bond donors (Lipinski definition) is 2. The van der Waals surface area contributed by atoms with Crippen molar-refractivity contribution in [3.05, 3.63) is 107 Å². The van der Waals surface area contributed by atoms with Crippen LogP contribution in [0.4, 0.5) is 4.39 Å². The van der Waals surface area contributed by atoms with Crippen molar-refractivity contribution in [3.8, 4) is 0 Å². The number of nitrogens with one attached hydrogen (secondary N) is 1. The van der Waals surface area contributed by atoms with Gasteiger partial charge in [-0.2, -0.15) is 0 Å². The molecule has 0 saturated carbocycles. The molecule has 1 saturated heterocycles. The van der Waals surface area contributed by atoms with Crippen LogP contribution in [0.2, 0.25) is 0 Å². The molecule has 1 aliphatic heterocycles. The van der Waals surface area contributed by atoms with Crippen molar-refractivity contribution < 1.29 is 9.50 Å². The second-order valence-corrected chi connectivity index (χ2v) is 7.44. The Balaban J connectivity index is 1.78. The Bertz CT molecular complexity index is 881. The summed E-state index contributed by atoms with van der Waals surface area (Å²) < 4.78 is 13.5. The van der Waals surface area contributed by atoms with Crippen molar-refractivity contribution in [2.24, 2.45) is 5.92 Å². The fraction of sp³-hybridized carbons (Fsp3) is 0.250. The molecule has 0 aromatic heterocycles. The summed E-state index contributed by atoms with van der Waals surface area (Å²) in [6, 6.07) is 26.7. The molecule has 3 heteroatoms. The molecule has 4 atom stereocenters. The molecule has 27 heavy (non-hydrogen) atoms. The molecular formula is C24H24FNO. The Labute approximate surface area is 159 Å². The van der Waals surface area contributed by atoms with Gasteiger partial charge in [0, 0.05) is 24.4 Å². The van der Waals surface area contributed by atoms with Crippen LogP contribution in [-0.2, 0) is 5.60 Å². The van der Waals surface area contributed by atoms with Gasteiger partial charge in [0.15, 0.2) is 0 Å². The molecule has 1 fully saturated rings. The summed E-state index contributed by atoms with van der Waals surface area (Å²) in [6.07, 6.45) is 0.535. The highest BCUT2D eigenvalue weighted by Gasteiger charge is 2.47. The maximum Gasteiger partial charge on any atom is 0.123 e. The Kier molecular flexibility index (Phi) is 4.81. The van der Waals surface area contributed by atoms with Crippen molar-refractivity contribution >= 4 is 0 Å². The van der Waals surface area contributed by atoms with E-state index >= 15 is 0 Å². The molecule has 4 rings (SSSR count). The van der Waals surface area contributed by atoms with Gasteiger partial charge in [-0.1, -0.05) is 79.7 Å². The molecule has 0 radical (unpaired) electrons. The maximum atomic E-state index is 13.5. The first-order valence-electron chi connectivity index (χ1n) is 9.42. The third kappa shape index (κ3) is 3.41. The monoisotopic (exact) mass is 361 g/mol. The summed E-state index contributed by atoms with van der Waals surface area (Å²) in [4.78, 5) is 0. The number of halogens is 1. The van der Waals surface area contributed by atoms with Crippen LogP contribution in [0.3, 0.4) is 0 Å². The van der Waals surface area contributed by atoms with E-state index in [0.717, 1.165) is 16.7 Å². The molecular weight excluding hydrogens is 337 g/mol. The molecule has 138 valence electrons. The standard InChI is InChI=1S/C24H24FNO/c1-17-23(19-10-6-3-7-11-19)26-22(18-8-4-2-5-9-18)16-24(17,27)20-12-14-21(25)15-13-20/h2-15,17,22-23,26-27H,16H2,1H3/t17-,22+,23-,24+/m1/s1. The summed E-state index contributed by atoms with van der Waals surface area (Å²) in [7, 11) is 0. The predicted octanol–water partition coefficient (Wildman–Crippen LogP) is 5.13. The van der Waals surface area contributed by atoms with Crippen molar-refractivity contribution in [2.75, 3.05) is 0 Å². The van der Waals surface area contributed by atoms with Crippen LogP contribution in [0.1, 0.15) is 42.1 Å². The van der Waals surface area contributed by atoms with Crippen molar-refractivity contribution in [2.45, 2.75) is 31.0 Å².